The largest absolute Gasteiger partial charge is 0.480 e. The molecule has 0 aliphatic rings. The number of nitrogens with one attached hydrogen (secondary N) is 2. The Hall–Kier alpha value is -1.75. The Morgan fingerprint density at radius 3 is 2.65 bits per heavy atom. The van der Waals surface area contributed by atoms with Crippen LogP contribution in [0.3, 0.4) is 0 Å². The van der Waals surface area contributed by atoms with E-state index < -0.39 is 18.0 Å². The molecule has 1 aromatic carbocycles. The number of hydrogen-bond acceptors (Lipinski definition) is 2. The molecule has 0 radical (unpaired) electrons. The summed E-state index contributed by atoms with van der Waals surface area (Å²) >= 11 is 5.96. The normalized spacial score (nSPS) is 11.8. The highest BCUT2D eigenvalue weighted by atomic mass is 35.5. The zero-order chi connectivity index (χ0) is 15.1. The van der Waals surface area contributed by atoms with Crippen LogP contribution in [-0.2, 0) is 4.79 Å². The van der Waals surface area contributed by atoms with Crippen LogP contribution in [0.2, 0.25) is 5.02 Å². The number of aryl methyl sites for hydroxylation is 1. The van der Waals surface area contributed by atoms with E-state index in [0.29, 0.717) is 17.1 Å². The second kappa shape index (κ2) is 7.75. The second-order valence-electron chi connectivity index (χ2n) is 4.60. The van der Waals surface area contributed by atoms with Gasteiger partial charge in [-0.15, -0.1) is 0 Å². The summed E-state index contributed by atoms with van der Waals surface area (Å²) in [5, 5.41) is 14.6. The minimum absolute atomic E-state index is 0.411. The lowest BCUT2D eigenvalue weighted by Crippen LogP contribution is -2.42. The Balaban J connectivity index is 2.60. The molecule has 0 heterocycles. The van der Waals surface area contributed by atoms with Gasteiger partial charge in [0.15, 0.2) is 0 Å². The van der Waals surface area contributed by atoms with Crippen molar-refractivity contribution < 1.29 is 14.7 Å². The quantitative estimate of drug-likeness (QED) is 0.753. The molecular formula is C14H19ClN2O3. The number of carboxylic acids is 1. The molecule has 0 aromatic heterocycles. The Bertz CT molecular complexity index is 491. The van der Waals surface area contributed by atoms with Crippen LogP contribution in [0.5, 0.6) is 0 Å². The SMILES string of the molecule is CCCCC(NC(=O)Nc1ccc(C)c(Cl)c1)C(=O)O. The molecule has 0 fully saturated rings. The van der Waals surface area contributed by atoms with E-state index in [1.165, 1.54) is 0 Å². The third-order valence-corrected chi connectivity index (χ3v) is 3.29. The predicted molar refractivity (Wildman–Crippen MR) is 79.3 cm³/mol. The smallest absolute Gasteiger partial charge is 0.326 e. The summed E-state index contributed by atoms with van der Waals surface area (Å²) in [7, 11) is 0. The maximum absolute atomic E-state index is 11.8. The Labute approximate surface area is 123 Å². The Morgan fingerprint density at radius 1 is 1.40 bits per heavy atom. The van der Waals surface area contributed by atoms with E-state index in [4.69, 9.17) is 16.7 Å². The summed E-state index contributed by atoms with van der Waals surface area (Å²) in [6.45, 7) is 3.82. The average molecular weight is 299 g/mol. The van der Waals surface area contributed by atoms with Crippen molar-refractivity contribution in [3.8, 4) is 0 Å². The molecule has 110 valence electrons. The van der Waals surface area contributed by atoms with E-state index in [1.807, 2.05) is 13.8 Å². The van der Waals surface area contributed by atoms with Crippen LogP contribution in [0.4, 0.5) is 10.5 Å². The van der Waals surface area contributed by atoms with Gasteiger partial charge in [-0.05, 0) is 31.0 Å². The number of benzene rings is 1. The molecule has 0 saturated carbocycles. The van der Waals surface area contributed by atoms with Gasteiger partial charge in [0.05, 0.1) is 0 Å². The van der Waals surface area contributed by atoms with Crippen molar-refractivity contribution in [2.75, 3.05) is 5.32 Å². The van der Waals surface area contributed by atoms with Crippen molar-refractivity contribution in [3.63, 3.8) is 0 Å². The number of amides is 2. The summed E-state index contributed by atoms with van der Waals surface area (Å²) in [5.74, 6) is -1.03. The van der Waals surface area contributed by atoms with Gasteiger partial charge in [-0.2, -0.15) is 0 Å². The number of urea groups is 1. The van der Waals surface area contributed by atoms with Crippen LogP contribution < -0.4 is 10.6 Å². The molecule has 1 aromatic rings. The lowest BCUT2D eigenvalue weighted by atomic mass is 10.1. The van der Waals surface area contributed by atoms with Crippen LogP contribution >= 0.6 is 11.6 Å². The van der Waals surface area contributed by atoms with Gasteiger partial charge in [0, 0.05) is 10.7 Å². The first-order valence-electron chi connectivity index (χ1n) is 6.50. The minimum atomic E-state index is -1.03. The van der Waals surface area contributed by atoms with Crippen molar-refractivity contribution in [2.24, 2.45) is 0 Å². The number of carboxylic acid groups (broad SMARTS) is 1. The highest BCUT2D eigenvalue weighted by molar-refractivity contribution is 6.31. The van der Waals surface area contributed by atoms with Crippen LogP contribution in [0.1, 0.15) is 31.7 Å². The number of carbonyl (C=O) groups is 2. The summed E-state index contributed by atoms with van der Waals surface area (Å²) in [6, 6.07) is 3.69. The number of halogens is 1. The van der Waals surface area contributed by atoms with Gasteiger partial charge in [0.2, 0.25) is 0 Å². The van der Waals surface area contributed by atoms with Gasteiger partial charge in [-0.3, -0.25) is 0 Å². The zero-order valence-electron chi connectivity index (χ0n) is 11.6. The molecule has 3 N–H and O–H groups in total. The summed E-state index contributed by atoms with van der Waals surface area (Å²) < 4.78 is 0. The maximum Gasteiger partial charge on any atom is 0.326 e. The van der Waals surface area contributed by atoms with Crippen molar-refractivity contribution >= 4 is 29.3 Å². The molecule has 5 nitrogen and oxygen atoms in total. The van der Waals surface area contributed by atoms with Gasteiger partial charge >= 0.3 is 12.0 Å². The molecule has 2 amide bonds. The first-order valence-corrected chi connectivity index (χ1v) is 6.88. The number of carbonyl (C=O) groups excluding carboxylic acids is 1. The van der Waals surface area contributed by atoms with E-state index in [9.17, 15) is 9.59 Å². The molecule has 6 heteroatoms. The third-order valence-electron chi connectivity index (χ3n) is 2.88. The number of anilines is 1. The molecule has 1 unspecified atom stereocenters. The summed E-state index contributed by atoms with van der Waals surface area (Å²) in [5.41, 5.74) is 1.43. The van der Waals surface area contributed by atoms with Crippen molar-refractivity contribution in [2.45, 2.75) is 39.2 Å². The zero-order valence-corrected chi connectivity index (χ0v) is 12.3. The molecule has 0 bridgehead atoms. The third kappa shape index (κ3) is 5.09. The van der Waals surface area contributed by atoms with E-state index in [-0.39, 0.29) is 0 Å². The predicted octanol–water partition coefficient (Wildman–Crippen LogP) is 3.41. The van der Waals surface area contributed by atoms with Crippen molar-refractivity contribution in [1.82, 2.24) is 5.32 Å². The van der Waals surface area contributed by atoms with Gasteiger partial charge in [0.1, 0.15) is 6.04 Å². The first-order chi connectivity index (χ1) is 9.43. The molecule has 0 spiro atoms. The lowest BCUT2D eigenvalue weighted by molar-refractivity contribution is -0.139. The summed E-state index contributed by atoms with van der Waals surface area (Å²) in [6.07, 6.45) is 2.03. The fraction of sp³-hybridized carbons (Fsp3) is 0.429. The Morgan fingerprint density at radius 2 is 2.10 bits per heavy atom. The summed E-state index contributed by atoms with van der Waals surface area (Å²) in [4.78, 5) is 22.8. The molecule has 0 saturated heterocycles. The fourth-order valence-corrected chi connectivity index (χ4v) is 1.84. The molecule has 1 rings (SSSR count). The highest BCUT2D eigenvalue weighted by Crippen LogP contribution is 2.19. The standard InChI is InChI=1S/C14H19ClN2O3/c1-3-4-5-12(13(18)19)17-14(20)16-10-7-6-9(2)11(15)8-10/h6-8,12H,3-5H2,1-2H3,(H,18,19)(H2,16,17,20). The lowest BCUT2D eigenvalue weighted by Gasteiger charge is -2.15. The van der Waals surface area contributed by atoms with Crippen molar-refractivity contribution in [3.05, 3.63) is 28.8 Å². The number of rotatable bonds is 6. The van der Waals surface area contributed by atoms with Crippen molar-refractivity contribution in [1.29, 1.82) is 0 Å². The Kier molecular flexibility index (Phi) is 6.31. The minimum Gasteiger partial charge on any atom is -0.480 e. The molecule has 1 atom stereocenters. The topological polar surface area (TPSA) is 78.4 Å². The van der Waals surface area contributed by atoms with E-state index in [1.54, 1.807) is 18.2 Å². The molecule has 0 aliphatic heterocycles. The monoisotopic (exact) mass is 298 g/mol. The molecular weight excluding hydrogens is 280 g/mol. The van der Waals surface area contributed by atoms with Crippen LogP contribution in [0.15, 0.2) is 18.2 Å². The van der Waals surface area contributed by atoms with E-state index >= 15 is 0 Å². The second-order valence-corrected chi connectivity index (χ2v) is 5.00. The van der Waals surface area contributed by atoms with Crippen LogP contribution in [-0.4, -0.2) is 23.1 Å². The molecule has 0 aliphatic carbocycles. The van der Waals surface area contributed by atoms with E-state index in [0.717, 1.165) is 18.4 Å². The average Bonchev–Trinajstić information content (AvgIpc) is 2.38. The van der Waals surface area contributed by atoms with E-state index in [2.05, 4.69) is 10.6 Å². The molecule has 20 heavy (non-hydrogen) atoms. The highest BCUT2D eigenvalue weighted by Gasteiger charge is 2.19. The van der Waals surface area contributed by atoms with Gasteiger partial charge in [-0.25, -0.2) is 9.59 Å². The van der Waals surface area contributed by atoms with Gasteiger partial charge in [0.25, 0.3) is 0 Å². The van der Waals surface area contributed by atoms with Crippen LogP contribution in [0.25, 0.3) is 0 Å². The number of aliphatic carboxylic acids is 1. The van der Waals surface area contributed by atoms with Gasteiger partial charge in [-0.1, -0.05) is 37.4 Å². The number of unbranched alkanes of at least 4 members (excludes halogenated alkanes) is 1. The maximum atomic E-state index is 11.8. The number of hydrogen-bond donors (Lipinski definition) is 3. The fourth-order valence-electron chi connectivity index (χ4n) is 1.66. The first kappa shape index (κ1) is 16.3. The van der Waals surface area contributed by atoms with Gasteiger partial charge < -0.3 is 15.7 Å². The van der Waals surface area contributed by atoms with Crippen LogP contribution in [0, 0.1) is 6.92 Å².